The Kier molecular flexibility index (Phi) is 2.47. The summed E-state index contributed by atoms with van der Waals surface area (Å²) in [5, 5.41) is 0. The van der Waals surface area contributed by atoms with E-state index in [1.165, 1.54) is 12.1 Å². The average molecular weight is 194 g/mol. The molecule has 4 heteroatoms. The molecule has 1 atom stereocenters. The number of nitrogens with one attached hydrogen (secondary N) is 1. The standard InChI is InChI=1S/C10H11FN2O/c11-8-3-1-7(2-4-8)10-5-9(6-12)14-13-10/h1-5,9,13H,6,12H2. The van der Waals surface area contributed by atoms with Crippen molar-refractivity contribution in [1.82, 2.24) is 5.48 Å². The largest absolute Gasteiger partial charge is 0.328 e. The Labute approximate surface area is 81.3 Å². The summed E-state index contributed by atoms with van der Waals surface area (Å²) in [4.78, 5) is 5.14. The van der Waals surface area contributed by atoms with Crippen molar-refractivity contribution in [3.8, 4) is 0 Å². The van der Waals surface area contributed by atoms with Gasteiger partial charge in [0.15, 0.2) is 0 Å². The van der Waals surface area contributed by atoms with Gasteiger partial charge in [0.25, 0.3) is 0 Å². The number of halogens is 1. The van der Waals surface area contributed by atoms with Gasteiger partial charge in [-0.25, -0.2) is 4.39 Å². The summed E-state index contributed by atoms with van der Waals surface area (Å²) in [6.45, 7) is 0.428. The lowest BCUT2D eigenvalue weighted by Gasteiger charge is -2.03. The Balaban J connectivity index is 2.20. The molecule has 0 fully saturated rings. The first-order chi connectivity index (χ1) is 6.79. The highest BCUT2D eigenvalue weighted by molar-refractivity contribution is 5.64. The molecule has 2 rings (SSSR count). The minimum Gasteiger partial charge on any atom is -0.328 e. The van der Waals surface area contributed by atoms with E-state index in [9.17, 15) is 4.39 Å². The molecular formula is C10H11FN2O. The minimum absolute atomic E-state index is 0.102. The fraction of sp³-hybridized carbons (Fsp3) is 0.200. The lowest BCUT2D eigenvalue weighted by molar-refractivity contribution is 0.0567. The zero-order valence-corrected chi connectivity index (χ0v) is 7.53. The van der Waals surface area contributed by atoms with Gasteiger partial charge in [0.2, 0.25) is 0 Å². The number of hydrogen-bond donors (Lipinski definition) is 2. The molecule has 1 aliphatic heterocycles. The van der Waals surface area contributed by atoms with Crippen molar-refractivity contribution < 1.29 is 9.23 Å². The van der Waals surface area contributed by atoms with Gasteiger partial charge in [0.05, 0.1) is 5.70 Å². The molecule has 0 bridgehead atoms. The summed E-state index contributed by atoms with van der Waals surface area (Å²) in [6.07, 6.45) is 1.78. The summed E-state index contributed by atoms with van der Waals surface area (Å²) >= 11 is 0. The van der Waals surface area contributed by atoms with Gasteiger partial charge < -0.3 is 5.73 Å². The van der Waals surface area contributed by atoms with Crippen LogP contribution in [0.2, 0.25) is 0 Å². The van der Waals surface area contributed by atoms with Crippen molar-refractivity contribution in [3.05, 3.63) is 41.7 Å². The molecule has 74 valence electrons. The lowest BCUT2D eigenvalue weighted by atomic mass is 10.1. The van der Waals surface area contributed by atoms with Crippen LogP contribution in [0.4, 0.5) is 4.39 Å². The summed E-state index contributed by atoms with van der Waals surface area (Å²) in [6, 6.07) is 6.20. The van der Waals surface area contributed by atoms with E-state index in [-0.39, 0.29) is 11.9 Å². The Morgan fingerprint density at radius 2 is 2.07 bits per heavy atom. The van der Waals surface area contributed by atoms with E-state index in [2.05, 4.69) is 5.48 Å². The molecule has 0 aromatic heterocycles. The van der Waals surface area contributed by atoms with Crippen LogP contribution in [0.15, 0.2) is 30.3 Å². The molecule has 1 heterocycles. The average Bonchev–Trinajstić information content (AvgIpc) is 2.67. The highest BCUT2D eigenvalue weighted by atomic mass is 19.1. The number of nitrogens with two attached hydrogens (primary N) is 1. The molecule has 0 saturated heterocycles. The van der Waals surface area contributed by atoms with E-state index in [1.54, 1.807) is 12.1 Å². The second-order valence-corrected chi connectivity index (χ2v) is 3.08. The predicted molar refractivity (Wildman–Crippen MR) is 51.4 cm³/mol. The Morgan fingerprint density at radius 1 is 1.36 bits per heavy atom. The SMILES string of the molecule is NCC1C=C(c2ccc(F)cc2)NO1. The third-order valence-electron chi connectivity index (χ3n) is 2.06. The van der Waals surface area contributed by atoms with Crippen LogP contribution in [0.5, 0.6) is 0 Å². The normalized spacial score (nSPS) is 20.4. The Hall–Kier alpha value is -1.39. The molecule has 1 aliphatic rings. The van der Waals surface area contributed by atoms with Crippen molar-refractivity contribution >= 4 is 5.70 Å². The van der Waals surface area contributed by atoms with E-state index in [0.717, 1.165) is 11.3 Å². The van der Waals surface area contributed by atoms with Gasteiger partial charge in [-0.1, -0.05) is 0 Å². The maximum atomic E-state index is 12.6. The van der Waals surface area contributed by atoms with Gasteiger partial charge >= 0.3 is 0 Å². The van der Waals surface area contributed by atoms with Crippen molar-refractivity contribution in [3.63, 3.8) is 0 Å². The summed E-state index contributed by atoms with van der Waals surface area (Å²) < 4.78 is 12.6. The Morgan fingerprint density at radius 3 is 2.64 bits per heavy atom. The van der Waals surface area contributed by atoms with Crippen LogP contribution >= 0.6 is 0 Å². The lowest BCUT2D eigenvalue weighted by Crippen LogP contribution is -2.21. The van der Waals surface area contributed by atoms with E-state index >= 15 is 0 Å². The smallest absolute Gasteiger partial charge is 0.123 e. The molecule has 0 aliphatic carbocycles. The van der Waals surface area contributed by atoms with Crippen LogP contribution in [0, 0.1) is 5.82 Å². The van der Waals surface area contributed by atoms with Crippen molar-refractivity contribution in [2.75, 3.05) is 6.54 Å². The number of rotatable bonds is 2. The van der Waals surface area contributed by atoms with E-state index in [4.69, 9.17) is 10.6 Å². The topological polar surface area (TPSA) is 47.3 Å². The third-order valence-corrected chi connectivity index (χ3v) is 2.06. The second-order valence-electron chi connectivity index (χ2n) is 3.08. The summed E-state index contributed by atoms with van der Waals surface area (Å²) in [5.74, 6) is -0.247. The van der Waals surface area contributed by atoms with Gasteiger partial charge in [-0.15, -0.1) is 0 Å². The van der Waals surface area contributed by atoms with E-state index in [1.807, 2.05) is 6.08 Å². The van der Waals surface area contributed by atoms with Gasteiger partial charge in [-0.3, -0.25) is 10.3 Å². The molecule has 0 saturated carbocycles. The van der Waals surface area contributed by atoms with Crippen LogP contribution in [0.3, 0.4) is 0 Å². The monoisotopic (exact) mass is 194 g/mol. The summed E-state index contributed by atoms with van der Waals surface area (Å²) in [7, 11) is 0. The van der Waals surface area contributed by atoms with E-state index in [0.29, 0.717) is 6.54 Å². The van der Waals surface area contributed by atoms with Gasteiger partial charge in [-0.2, -0.15) is 0 Å². The highest BCUT2D eigenvalue weighted by Gasteiger charge is 2.15. The van der Waals surface area contributed by atoms with Gasteiger partial charge in [0.1, 0.15) is 11.9 Å². The van der Waals surface area contributed by atoms with Crippen molar-refractivity contribution in [1.29, 1.82) is 0 Å². The minimum atomic E-state index is -0.247. The second kappa shape index (κ2) is 3.77. The number of benzene rings is 1. The van der Waals surface area contributed by atoms with Crippen LogP contribution in [-0.4, -0.2) is 12.6 Å². The van der Waals surface area contributed by atoms with Crippen molar-refractivity contribution in [2.45, 2.75) is 6.10 Å². The number of hydroxylamine groups is 1. The fourth-order valence-corrected chi connectivity index (χ4v) is 1.29. The molecule has 1 unspecified atom stereocenters. The molecule has 0 spiro atoms. The molecule has 0 amide bonds. The molecule has 0 radical (unpaired) electrons. The van der Waals surface area contributed by atoms with E-state index < -0.39 is 0 Å². The first-order valence-corrected chi connectivity index (χ1v) is 4.39. The summed E-state index contributed by atoms with van der Waals surface area (Å²) in [5.41, 5.74) is 9.91. The first kappa shape index (κ1) is 9.18. The van der Waals surface area contributed by atoms with Crippen LogP contribution in [-0.2, 0) is 4.84 Å². The maximum absolute atomic E-state index is 12.6. The molecule has 1 aromatic carbocycles. The zero-order chi connectivity index (χ0) is 9.97. The first-order valence-electron chi connectivity index (χ1n) is 4.39. The fourth-order valence-electron chi connectivity index (χ4n) is 1.29. The molecular weight excluding hydrogens is 183 g/mol. The molecule has 3 N–H and O–H groups in total. The number of hydrogen-bond acceptors (Lipinski definition) is 3. The Bertz CT molecular complexity index is 348. The third kappa shape index (κ3) is 1.76. The van der Waals surface area contributed by atoms with Crippen molar-refractivity contribution in [2.24, 2.45) is 5.73 Å². The zero-order valence-electron chi connectivity index (χ0n) is 7.53. The van der Waals surface area contributed by atoms with Gasteiger partial charge in [-0.05, 0) is 35.9 Å². The molecule has 14 heavy (non-hydrogen) atoms. The highest BCUT2D eigenvalue weighted by Crippen LogP contribution is 2.17. The predicted octanol–water partition coefficient (Wildman–Crippen LogP) is 1.03. The van der Waals surface area contributed by atoms with Gasteiger partial charge in [0, 0.05) is 6.54 Å². The quantitative estimate of drug-likeness (QED) is 0.739. The molecule has 3 nitrogen and oxygen atoms in total. The maximum Gasteiger partial charge on any atom is 0.123 e. The van der Waals surface area contributed by atoms with Crippen LogP contribution < -0.4 is 11.2 Å². The van der Waals surface area contributed by atoms with Crippen LogP contribution in [0.25, 0.3) is 5.70 Å². The van der Waals surface area contributed by atoms with Crippen LogP contribution in [0.1, 0.15) is 5.56 Å². The molecule has 1 aromatic rings.